The van der Waals surface area contributed by atoms with Crippen LogP contribution in [0.25, 0.3) is 15.3 Å². The summed E-state index contributed by atoms with van der Waals surface area (Å²) in [6.07, 6.45) is 0.383. The standard InChI is InChI=1S/C21H19ClN4O2S2/c1-13-11-19(24-20(27)9-10-29-16-6-3-14(22)4-7-16)26(25-13)21-23-17-8-5-15(28-2)12-18(17)30-21/h3-8,11-12H,9-10H2,1-2H3,(H,24,27). The molecular weight excluding hydrogens is 440 g/mol. The van der Waals surface area contributed by atoms with Crippen LogP contribution in [0.15, 0.2) is 53.4 Å². The Kier molecular flexibility index (Phi) is 6.26. The highest BCUT2D eigenvalue weighted by Gasteiger charge is 2.15. The molecule has 4 rings (SSSR count). The van der Waals surface area contributed by atoms with Crippen molar-refractivity contribution in [2.75, 3.05) is 18.2 Å². The van der Waals surface area contributed by atoms with Gasteiger partial charge in [0.1, 0.15) is 11.6 Å². The molecule has 9 heteroatoms. The van der Waals surface area contributed by atoms with Gasteiger partial charge >= 0.3 is 0 Å². The number of rotatable bonds is 7. The summed E-state index contributed by atoms with van der Waals surface area (Å²) in [5.41, 5.74) is 1.67. The van der Waals surface area contributed by atoms with Crippen molar-refractivity contribution in [1.29, 1.82) is 0 Å². The minimum Gasteiger partial charge on any atom is -0.497 e. The summed E-state index contributed by atoms with van der Waals surface area (Å²) in [4.78, 5) is 18.2. The summed E-state index contributed by atoms with van der Waals surface area (Å²) in [7, 11) is 1.64. The average molecular weight is 459 g/mol. The van der Waals surface area contributed by atoms with E-state index >= 15 is 0 Å². The fraction of sp³-hybridized carbons (Fsp3) is 0.190. The molecule has 0 atom stereocenters. The number of amides is 1. The molecule has 0 aliphatic rings. The van der Waals surface area contributed by atoms with E-state index in [9.17, 15) is 4.79 Å². The van der Waals surface area contributed by atoms with Crippen molar-refractivity contribution in [3.63, 3.8) is 0 Å². The van der Waals surface area contributed by atoms with Crippen LogP contribution >= 0.6 is 34.7 Å². The number of hydrogen-bond acceptors (Lipinski definition) is 6. The molecule has 0 unspecified atom stereocenters. The number of benzene rings is 2. The second-order valence-corrected chi connectivity index (χ2v) is 9.13. The molecule has 154 valence electrons. The minimum atomic E-state index is -0.0691. The van der Waals surface area contributed by atoms with Gasteiger partial charge in [-0.15, -0.1) is 11.8 Å². The maximum absolute atomic E-state index is 12.5. The van der Waals surface area contributed by atoms with Gasteiger partial charge in [0.2, 0.25) is 11.0 Å². The number of fused-ring (bicyclic) bond motifs is 1. The number of aryl methyl sites for hydroxylation is 1. The Morgan fingerprint density at radius 2 is 2.03 bits per heavy atom. The third-order valence-electron chi connectivity index (χ3n) is 4.28. The number of methoxy groups -OCH3 is 1. The third-order valence-corrected chi connectivity index (χ3v) is 6.54. The lowest BCUT2D eigenvalue weighted by Crippen LogP contribution is -2.15. The highest BCUT2D eigenvalue weighted by molar-refractivity contribution is 7.99. The van der Waals surface area contributed by atoms with Crippen molar-refractivity contribution in [2.45, 2.75) is 18.2 Å². The fourth-order valence-corrected chi connectivity index (χ4v) is 4.78. The second-order valence-electron chi connectivity index (χ2n) is 6.51. The molecule has 0 fully saturated rings. The van der Waals surface area contributed by atoms with Crippen molar-refractivity contribution in [3.05, 3.63) is 59.2 Å². The van der Waals surface area contributed by atoms with Crippen molar-refractivity contribution >= 4 is 56.6 Å². The molecule has 0 spiro atoms. The molecule has 0 saturated carbocycles. The molecule has 4 aromatic rings. The quantitative estimate of drug-likeness (QED) is 0.366. The Morgan fingerprint density at radius 3 is 2.80 bits per heavy atom. The summed E-state index contributed by atoms with van der Waals surface area (Å²) in [5, 5.41) is 8.86. The van der Waals surface area contributed by atoms with Crippen LogP contribution in [-0.4, -0.2) is 33.5 Å². The van der Waals surface area contributed by atoms with Crippen molar-refractivity contribution in [1.82, 2.24) is 14.8 Å². The number of thiazole rings is 1. The maximum atomic E-state index is 12.5. The fourth-order valence-electron chi connectivity index (χ4n) is 2.84. The Hall–Kier alpha value is -2.55. The first-order chi connectivity index (χ1) is 14.5. The molecule has 0 saturated heterocycles. The van der Waals surface area contributed by atoms with E-state index in [4.69, 9.17) is 16.3 Å². The van der Waals surface area contributed by atoms with Crippen LogP contribution in [0.5, 0.6) is 5.75 Å². The highest BCUT2D eigenvalue weighted by Crippen LogP contribution is 2.30. The van der Waals surface area contributed by atoms with Gasteiger partial charge in [-0.1, -0.05) is 22.9 Å². The SMILES string of the molecule is COc1ccc2nc(-n3nc(C)cc3NC(=O)CCSc3ccc(Cl)cc3)sc2c1. The van der Waals surface area contributed by atoms with E-state index in [1.807, 2.05) is 55.5 Å². The lowest BCUT2D eigenvalue weighted by molar-refractivity contribution is -0.115. The molecule has 0 aliphatic carbocycles. The van der Waals surface area contributed by atoms with Crippen LogP contribution in [0.3, 0.4) is 0 Å². The monoisotopic (exact) mass is 458 g/mol. The lowest BCUT2D eigenvalue weighted by atomic mass is 10.3. The number of nitrogens with zero attached hydrogens (tertiary/aromatic N) is 3. The Labute approximate surface area is 187 Å². The van der Waals surface area contributed by atoms with E-state index in [1.165, 1.54) is 11.3 Å². The highest BCUT2D eigenvalue weighted by atomic mass is 35.5. The third kappa shape index (κ3) is 4.77. The summed E-state index contributed by atoms with van der Waals surface area (Å²) in [6.45, 7) is 1.89. The zero-order chi connectivity index (χ0) is 21.1. The first kappa shape index (κ1) is 20.7. The zero-order valence-electron chi connectivity index (χ0n) is 16.4. The number of carbonyl (C=O) groups is 1. The van der Waals surface area contributed by atoms with E-state index in [1.54, 1.807) is 23.6 Å². The zero-order valence-corrected chi connectivity index (χ0v) is 18.8. The predicted octanol–water partition coefficient (Wildman–Crippen LogP) is 5.57. The molecule has 2 aromatic heterocycles. The van der Waals surface area contributed by atoms with Crippen LogP contribution in [0.2, 0.25) is 5.02 Å². The summed E-state index contributed by atoms with van der Waals surface area (Å²) < 4.78 is 7.96. The van der Waals surface area contributed by atoms with Crippen molar-refractivity contribution in [3.8, 4) is 10.9 Å². The summed E-state index contributed by atoms with van der Waals surface area (Å²) >= 11 is 9.01. The molecule has 2 heterocycles. The van der Waals surface area contributed by atoms with Crippen LogP contribution in [0.4, 0.5) is 5.82 Å². The number of halogens is 1. The molecule has 30 heavy (non-hydrogen) atoms. The van der Waals surface area contributed by atoms with Gasteiger partial charge < -0.3 is 10.1 Å². The van der Waals surface area contributed by atoms with E-state index in [0.717, 1.165) is 26.6 Å². The average Bonchev–Trinajstić information content (AvgIpc) is 3.31. The van der Waals surface area contributed by atoms with Gasteiger partial charge in [-0.3, -0.25) is 4.79 Å². The first-order valence-corrected chi connectivity index (χ1v) is 11.4. The molecule has 1 amide bonds. The Bertz CT molecular complexity index is 1190. The molecule has 0 radical (unpaired) electrons. The second kappa shape index (κ2) is 9.07. The van der Waals surface area contributed by atoms with E-state index < -0.39 is 0 Å². The normalized spacial score (nSPS) is 11.0. The number of ether oxygens (including phenoxy) is 1. The van der Waals surface area contributed by atoms with Crippen LogP contribution in [0, 0.1) is 6.92 Å². The van der Waals surface area contributed by atoms with Crippen LogP contribution < -0.4 is 10.1 Å². The van der Waals surface area contributed by atoms with E-state index in [-0.39, 0.29) is 5.91 Å². The van der Waals surface area contributed by atoms with Gasteiger partial charge in [0.15, 0.2) is 0 Å². The largest absolute Gasteiger partial charge is 0.497 e. The predicted molar refractivity (Wildman–Crippen MR) is 123 cm³/mol. The van der Waals surface area contributed by atoms with Gasteiger partial charge in [-0.25, -0.2) is 4.98 Å². The van der Waals surface area contributed by atoms with Crippen molar-refractivity contribution in [2.24, 2.45) is 0 Å². The minimum absolute atomic E-state index is 0.0691. The smallest absolute Gasteiger partial charge is 0.226 e. The number of thioether (sulfide) groups is 1. The number of nitrogens with one attached hydrogen (secondary N) is 1. The molecule has 0 aliphatic heterocycles. The van der Waals surface area contributed by atoms with Gasteiger partial charge in [0.25, 0.3) is 0 Å². The number of aromatic nitrogens is 3. The maximum Gasteiger partial charge on any atom is 0.226 e. The molecule has 2 aromatic carbocycles. The topological polar surface area (TPSA) is 69.0 Å². The Balaban J connectivity index is 1.45. The Morgan fingerprint density at radius 1 is 1.23 bits per heavy atom. The van der Waals surface area contributed by atoms with E-state index in [2.05, 4.69) is 15.4 Å². The number of hydrogen-bond donors (Lipinski definition) is 1. The lowest BCUT2D eigenvalue weighted by Gasteiger charge is -2.06. The van der Waals surface area contributed by atoms with Gasteiger partial charge in [-0.05, 0) is 49.4 Å². The number of anilines is 1. The van der Waals surface area contributed by atoms with Crippen LogP contribution in [-0.2, 0) is 4.79 Å². The van der Waals surface area contributed by atoms with Gasteiger partial charge in [0, 0.05) is 28.2 Å². The molecule has 1 N–H and O–H groups in total. The molecule has 6 nitrogen and oxygen atoms in total. The van der Waals surface area contributed by atoms with Gasteiger partial charge in [0.05, 0.1) is 23.0 Å². The summed E-state index contributed by atoms with van der Waals surface area (Å²) in [5.74, 6) is 1.99. The van der Waals surface area contributed by atoms with E-state index in [0.29, 0.717) is 28.1 Å². The van der Waals surface area contributed by atoms with Crippen LogP contribution in [0.1, 0.15) is 12.1 Å². The van der Waals surface area contributed by atoms with Gasteiger partial charge in [-0.2, -0.15) is 9.78 Å². The summed E-state index contributed by atoms with van der Waals surface area (Å²) in [6, 6.07) is 15.2. The number of carbonyl (C=O) groups excluding carboxylic acids is 1. The van der Waals surface area contributed by atoms with Crippen molar-refractivity contribution < 1.29 is 9.53 Å². The molecular formula is C21H19ClN4O2S2. The molecule has 0 bridgehead atoms. The first-order valence-electron chi connectivity index (χ1n) is 9.21.